The number of rotatable bonds is 4. The van der Waals surface area contributed by atoms with Crippen molar-refractivity contribution in [2.24, 2.45) is 0 Å². The number of ether oxygens (including phenoxy) is 1. The molecule has 2 nitrogen and oxygen atoms in total. The monoisotopic (exact) mass is 273 g/mol. The molecule has 0 aromatic carbocycles. The highest BCUT2D eigenvalue weighted by Gasteiger charge is 2.17. The standard InChI is InChI=1S/C12H23NO.C6H4/c1-2-7-12(6-1)14-10-8-11-5-3-4-9-13-11;1-2-5-4-6(5)3-1/h11-13H,1-10H2;1-4H. The van der Waals surface area contributed by atoms with Gasteiger partial charge in [0.25, 0.3) is 0 Å². The Labute approximate surface area is 122 Å². The molecule has 1 unspecified atom stereocenters. The zero-order valence-corrected chi connectivity index (χ0v) is 12.4. The van der Waals surface area contributed by atoms with Crippen LogP contribution in [0.5, 0.6) is 0 Å². The van der Waals surface area contributed by atoms with Crippen molar-refractivity contribution in [1.29, 1.82) is 0 Å². The molecule has 110 valence electrons. The number of nitrogens with one attached hydrogen (secondary N) is 1. The van der Waals surface area contributed by atoms with Crippen LogP contribution in [0.3, 0.4) is 0 Å². The molecule has 0 bridgehead atoms. The molecule has 4 rings (SSSR count). The van der Waals surface area contributed by atoms with E-state index in [0.29, 0.717) is 6.10 Å². The average molecular weight is 273 g/mol. The van der Waals surface area contributed by atoms with Crippen LogP contribution in [-0.4, -0.2) is 25.3 Å². The molecule has 1 heterocycles. The summed E-state index contributed by atoms with van der Waals surface area (Å²) >= 11 is 0. The molecule has 20 heavy (non-hydrogen) atoms. The molecule has 4 aliphatic rings. The minimum Gasteiger partial charge on any atom is -0.378 e. The van der Waals surface area contributed by atoms with Crippen molar-refractivity contribution in [3.05, 3.63) is 24.3 Å². The van der Waals surface area contributed by atoms with Crippen LogP contribution in [0.1, 0.15) is 51.4 Å². The molecule has 0 aromatic heterocycles. The lowest BCUT2D eigenvalue weighted by Crippen LogP contribution is -2.35. The first kappa shape index (κ1) is 14.1. The zero-order valence-electron chi connectivity index (χ0n) is 12.4. The van der Waals surface area contributed by atoms with Crippen LogP contribution in [0.2, 0.25) is 0 Å². The third kappa shape index (κ3) is 4.32. The van der Waals surface area contributed by atoms with Gasteiger partial charge in [-0.25, -0.2) is 0 Å². The number of benzene rings is 1. The molecule has 0 radical (unpaired) electrons. The molecule has 1 atom stereocenters. The Hall–Kier alpha value is -0.860. The SMILES string of the molecule is C1CCC(CCOC2CCCC2)NC1.c1cc2cc-2c1. The Morgan fingerprint density at radius 3 is 2.30 bits per heavy atom. The molecule has 1 aliphatic heterocycles. The highest BCUT2D eigenvalue weighted by Crippen LogP contribution is 2.32. The number of hydrogen-bond acceptors (Lipinski definition) is 2. The zero-order chi connectivity index (χ0) is 13.6. The van der Waals surface area contributed by atoms with Gasteiger partial charge in [0.15, 0.2) is 0 Å². The molecule has 0 spiro atoms. The van der Waals surface area contributed by atoms with E-state index in [0.717, 1.165) is 12.6 Å². The summed E-state index contributed by atoms with van der Waals surface area (Å²) in [5.74, 6) is 0. The van der Waals surface area contributed by atoms with Crippen molar-refractivity contribution in [3.8, 4) is 11.1 Å². The Bertz CT molecular complexity index is 388. The lowest BCUT2D eigenvalue weighted by Gasteiger charge is -2.23. The van der Waals surface area contributed by atoms with E-state index in [4.69, 9.17) is 4.74 Å². The van der Waals surface area contributed by atoms with Crippen LogP contribution in [0.25, 0.3) is 11.1 Å². The van der Waals surface area contributed by atoms with Gasteiger partial charge in [-0.15, -0.1) is 0 Å². The fourth-order valence-corrected chi connectivity index (χ4v) is 3.28. The van der Waals surface area contributed by atoms with Gasteiger partial charge in [0.2, 0.25) is 0 Å². The minimum atomic E-state index is 0.596. The minimum absolute atomic E-state index is 0.596. The van der Waals surface area contributed by atoms with Crippen molar-refractivity contribution < 1.29 is 4.74 Å². The van der Waals surface area contributed by atoms with Crippen LogP contribution in [-0.2, 0) is 4.74 Å². The Balaban J connectivity index is 0.000000165. The van der Waals surface area contributed by atoms with Gasteiger partial charge in [-0.1, -0.05) is 37.5 Å². The third-order valence-electron chi connectivity index (χ3n) is 4.65. The van der Waals surface area contributed by atoms with Gasteiger partial charge >= 0.3 is 0 Å². The van der Waals surface area contributed by atoms with E-state index in [1.807, 2.05) is 0 Å². The summed E-state index contributed by atoms with van der Waals surface area (Å²) in [5, 5.41) is 3.56. The summed E-state index contributed by atoms with van der Waals surface area (Å²) in [4.78, 5) is 0. The second-order valence-corrected chi connectivity index (χ2v) is 6.29. The Morgan fingerprint density at radius 2 is 1.75 bits per heavy atom. The van der Waals surface area contributed by atoms with Crippen molar-refractivity contribution >= 4 is 0 Å². The molecule has 3 aliphatic carbocycles. The van der Waals surface area contributed by atoms with E-state index in [1.165, 1.54) is 69.0 Å². The second-order valence-electron chi connectivity index (χ2n) is 6.29. The summed E-state index contributed by atoms with van der Waals surface area (Å²) in [7, 11) is 0. The molecular weight excluding hydrogens is 246 g/mol. The number of piperidine rings is 1. The lowest BCUT2D eigenvalue weighted by molar-refractivity contribution is 0.0506. The Morgan fingerprint density at radius 1 is 1.00 bits per heavy atom. The highest BCUT2D eigenvalue weighted by atomic mass is 16.5. The molecule has 0 amide bonds. The Kier molecular flexibility index (Phi) is 5.10. The molecule has 2 heteroatoms. The molecular formula is C18H27NO. The average Bonchev–Trinajstić information content (AvgIpc) is 2.92. The smallest absolute Gasteiger partial charge is 0.0575 e. The van der Waals surface area contributed by atoms with Crippen molar-refractivity contribution in [2.75, 3.05) is 13.2 Å². The fraction of sp³-hybridized carbons (Fsp3) is 0.667. The van der Waals surface area contributed by atoms with Gasteiger partial charge < -0.3 is 10.1 Å². The largest absolute Gasteiger partial charge is 0.378 e. The van der Waals surface area contributed by atoms with Gasteiger partial charge in [-0.3, -0.25) is 0 Å². The third-order valence-corrected chi connectivity index (χ3v) is 4.65. The fourth-order valence-electron chi connectivity index (χ4n) is 3.28. The van der Waals surface area contributed by atoms with Gasteiger partial charge in [-0.05, 0) is 55.8 Å². The van der Waals surface area contributed by atoms with Crippen molar-refractivity contribution in [2.45, 2.75) is 63.5 Å². The summed E-state index contributed by atoms with van der Waals surface area (Å²) in [6.07, 6.45) is 11.3. The number of hydrogen-bond donors (Lipinski definition) is 1. The molecule has 1 saturated carbocycles. The number of fused-ring (bicyclic) bond motifs is 1. The van der Waals surface area contributed by atoms with Gasteiger partial charge in [-0.2, -0.15) is 0 Å². The second kappa shape index (κ2) is 7.24. The van der Waals surface area contributed by atoms with Gasteiger partial charge in [0.05, 0.1) is 6.10 Å². The summed E-state index contributed by atoms with van der Waals surface area (Å²) in [5.41, 5.74) is 2.85. The summed E-state index contributed by atoms with van der Waals surface area (Å²) in [6.45, 7) is 2.19. The van der Waals surface area contributed by atoms with Crippen LogP contribution in [0.4, 0.5) is 0 Å². The van der Waals surface area contributed by atoms with E-state index in [9.17, 15) is 0 Å². The van der Waals surface area contributed by atoms with Crippen molar-refractivity contribution in [3.63, 3.8) is 0 Å². The van der Waals surface area contributed by atoms with Crippen LogP contribution in [0.15, 0.2) is 24.3 Å². The first-order chi connectivity index (χ1) is 9.92. The molecule has 1 saturated heterocycles. The van der Waals surface area contributed by atoms with Gasteiger partial charge in [0, 0.05) is 12.6 Å². The highest BCUT2D eigenvalue weighted by molar-refractivity contribution is 5.80. The maximum absolute atomic E-state index is 5.87. The summed E-state index contributed by atoms with van der Waals surface area (Å²) in [6, 6.07) is 9.22. The van der Waals surface area contributed by atoms with Crippen LogP contribution in [0, 0.1) is 0 Å². The van der Waals surface area contributed by atoms with E-state index >= 15 is 0 Å². The lowest BCUT2D eigenvalue weighted by atomic mass is 10.0. The van der Waals surface area contributed by atoms with Gasteiger partial charge in [0.1, 0.15) is 0 Å². The van der Waals surface area contributed by atoms with Crippen LogP contribution < -0.4 is 5.32 Å². The topological polar surface area (TPSA) is 21.3 Å². The van der Waals surface area contributed by atoms with E-state index < -0.39 is 0 Å². The maximum Gasteiger partial charge on any atom is 0.0575 e. The van der Waals surface area contributed by atoms with E-state index in [-0.39, 0.29) is 0 Å². The molecule has 0 aromatic rings. The molecule has 1 N–H and O–H groups in total. The maximum atomic E-state index is 5.87. The first-order valence-corrected chi connectivity index (χ1v) is 8.37. The predicted molar refractivity (Wildman–Crippen MR) is 83.9 cm³/mol. The van der Waals surface area contributed by atoms with E-state index in [1.54, 1.807) is 0 Å². The van der Waals surface area contributed by atoms with Crippen LogP contribution >= 0.6 is 0 Å². The molecule has 2 fully saturated rings. The normalized spacial score (nSPS) is 24.1. The van der Waals surface area contributed by atoms with Crippen molar-refractivity contribution in [1.82, 2.24) is 5.32 Å². The van der Waals surface area contributed by atoms with E-state index in [2.05, 4.69) is 29.6 Å². The summed E-state index contributed by atoms with van der Waals surface area (Å²) < 4.78 is 5.87. The predicted octanol–water partition coefficient (Wildman–Crippen LogP) is 4.14. The first-order valence-electron chi connectivity index (χ1n) is 8.37. The quantitative estimate of drug-likeness (QED) is 0.903.